The SMILES string of the molecule is COCCOc1cc2c(NCc3cc(N)cc(C(F)(F)F)c3F)nc(C)nc2cc1OC. The van der Waals surface area contributed by atoms with Crippen LogP contribution < -0.4 is 20.5 Å². The summed E-state index contributed by atoms with van der Waals surface area (Å²) in [4.78, 5) is 8.67. The van der Waals surface area contributed by atoms with E-state index in [0.29, 0.717) is 46.7 Å². The van der Waals surface area contributed by atoms with Gasteiger partial charge < -0.3 is 25.3 Å². The van der Waals surface area contributed by atoms with E-state index >= 15 is 0 Å². The maximum absolute atomic E-state index is 14.5. The van der Waals surface area contributed by atoms with Crippen LogP contribution in [-0.2, 0) is 17.5 Å². The average Bonchev–Trinajstić information content (AvgIpc) is 2.72. The second-order valence-electron chi connectivity index (χ2n) is 6.87. The van der Waals surface area contributed by atoms with E-state index in [4.69, 9.17) is 19.9 Å². The number of methoxy groups -OCH3 is 2. The van der Waals surface area contributed by atoms with Crippen LogP contribution in [-0.4, -0.2) is 37.4 Å². The first kappa shape index (κ1) is 23.3. The Morgan fingerprint density at radius 2 is 1.78 bits per heavy atom. The van der Waals surface area contributed by atoms with E-state index in [1.807, 2.05) is 0 Å². The van der Waals surface area contributed by atoms with Crippen molar-refractivity contribution in [3.63, 3.8) is 0 Å². The van der Waals surface area contributed by atoms with Crippen LogP contribution in [0.15, 0.2) is 24.3 Å². The molecule has 0 atom stereocenters. The van der Waals surface area contributed by atoms with Crippen LogP contribution in [0, 0.1) is 12.7 Å². The molecule has 0 bridgehead atoms. The Morgan fingerprint density at radius 3 is 2.44 bits per heavy atom. The molecule has 0 saturated carbocycles. The number of rotatable bonds is 8. The van der Waals surface area contributed by atoms with Crippen molar-refractivity contribution in [1.82, 2.24) is 9.97 Å². The van der Waals surface area contributed by atoms with Gasteiger partial charge in [0.1, 0.15) is 24.1 Å². The highest BCUT2D eigenvalue weighted by Gasteiger charge is 2.35. The Balaban J connectivity index is 1.99. The van der Waals surface area contributed by atoms with Gasteiger partial charge in [0, 0.05) is 36.4 Å². The quantitative estimate of drug-likeness (QED) is 0.298. The third-order valence-corrected chi connectivity index (χ3v) is 4.56. The Morgan fingerprint density at radius 1 is 1.03 bits per heavy atom. The number of nitrogens with two attached hydrogens (primary N) is 1. The highest BCUT2D eigenvalue weighted by atomic mass is 19.4. The molecule has 0 spiro atoms. The fourth-order valence-electron chi connectivity index (χ4n) is 3.12. The molecule has 0 aliphatic rings. The van der Waals surface area contributed by atoms with E-state index in [0.717, 1.165) is 6.07 Å². The highest BCUT2D eigenvalue weighted by molar-refractivity contribution is 5.91. The van der Waals surface area contributed by atoms with Crippen molar-refractivity contribution < 1.29 is 31.8 Å². The lowest BCUT2D eigenvalue weighted by Gasteiger charge is -2.16. The molecular weight excluding hydrogens is 432 g/mol. The number of anilines is 2. The molecular formula is C21H22F4N4O3. The number of hydrogen-bond acceptors (Lipinski definition) is 7. The van der Waals surface area contributed by atoms with E-state index in [2.05, 4.69) is 15.3 Å². The minimum atomic E-state index is -4.86. The molecule has 11 heteroatoms. The lowest BCUT2D eigenvalue weighted by molar-refractivity contribution is -0.140. The van der Waals surface area contributed by atoms with Gasteiger partial charge in [-0.15, -0.1) is 0 Å². The van der Waals surface area contributed by atoms with E-state index < -0.39 is 17.6 Å². The summed E-state index contributed by atoms with van der Waals surface area (Å²) in [6, 6.07) is 5.01. The van der Waals surface area contributed by atoms with Crippen LogP contribution in [0.25, 0.3) is 10.9 Å². The maximum atomic E-state index is 14.5. The first-order valence-electron chi connectivity index (χ1n) is 9.51. The Hall–Kier alpha value is -3.34. The van der Waals surface area contributed by atoms with Gasteiger partial charge in [0.15, 0.2) is 11.5 Å². The standard InChI is InChI=1S/C21H22F4N4O3/c1-11-28-16-9-17(31-3)18(32-5-4-30-2)8-14(16)20(29-11)27-10-12-6-13(26)7-15(19(12)22)21(23,24)25/h6-9H,4-5,10,26H2,1-3H3,(H,27,28,29). The third kappa shape index (κ3) is 5.10. The second-order valence-corrected chi connectivity index (χ2v) is 6.87. The summed E-state index contributed by atoms with van der Waals surface area (Å²) in [7, 11) is 3.03. The van der Waals surface area contributed by atoms with Gasteiger partial charge in [-0.2, -0.15) is 13.2 Å². The summed E-state index contributed by atoms with van der Waals surface area (Å²) >= 11 is 0. The van der Waals surface area contributed by atoms with Crippen LogP contribution >= 0.6 is 0 Å². The largest absolute Gasteiger partial charge is 0.493 e. The molecule has 3 rings (SSSR count). The number of alkyl halides is 3. The fraction of sp³-hybridized carbons (Fsp3) is 0.333. The Bertz CT molecular complexity index is 1120. The monoisotopic (exact) mass is 454 g/mol. The molecule has 172 valence electrons. The summed E-state index contributed by atoms with van der Waals surface area (Å²) in [6.45, 7) is 2.00. The number of nitrogens with zero attached hydrogens (tertiary/aromatic N) is 2. The maximum Gasteiger partial charge on any atom is 0.419 e. The van der Waals surface area contributed by atoms with E-state index in [1.54, 1.807) is 26.2 Å². The second kappa shape index (κ2) is 9.43. The van der Waals surface area contributed by atoms with Crippen molar-refractivity contribution >= 4 is 22.4 Å². The zero-order valence-corrected chi connectivity index (χ0v) is 17.6. The number of aromatic nitrogens is 2. The van der Waals surface area contributed by atoms with E-state index in [9.17, 15) is 17.6 Å². The molecule has 0 fully saturated rings. The topological polar surface area (TPSA) is 91.5 Å². The Kier molecular flexibility index (Phi) is 6.87. The number of aryl methyl sites for hydroxylation is 1. The number of benzene rings is 2. The van der Waals surface area contributed by atoms with Gasteiger partial charge in [-0.1, -0.05) is 0 Å². The molecule has 3 aromatic rings. The molecule has 0 aliphatic heterocycles. The third-order valence-electron chi connectivity index (χ3n) is 4.56. The van der Waals surface area contributed by atoms with Crippen LogP contribution in [0.5, 0.6) is 11.5 Å². The smallest absolute Gasteiger partial charge is 0.419 e. The minimum Gasteiger partial charge on any atom is -0.493 e. The minimum absolute atomic E-state index is 0.196. The van der Waals surface area contributed by atoms with Crippen molar-refractivity contribution in [2.45, 2.75) is 19.6 Å². The summed E-state index contributed by atoms with van der Waals surface area (Å²) in [6.07, 6.45) is -4.86. The molecule has 0 saturated heterocycles. The van der Waals surface area contributed by atoms with Crippen molar-refractivity contribution in [2.24, 2.45) is 0 Å². The lowest BCUT2D eigenvalue weighted by Crippen LogP contribution is -2.13. The molecule has 3 N–H and O–H groups in total. The highest BCUT2D eigenvalue weighted by Crippen LogP contribution is 2.36. The molecule has 1 heterocycles. The van der Waals surface area contributed by atoms with Crippen LogP contribution in [0.2, 0.25) is 0 Å². The van der Waals surface area contributed by atoms with Crippen LogP contribution in [0.1, 0.15) is 17.0 Å². The summed E-state index contributed by atoms with van der Waals surface area (Å²) in [5, 5.41) is 3.41. The summed E-state index contributed by atoms with van der Waals surface area (Å²) < 4.78 is 69.8. The molecule has 32 heavy (non-hydrogen) atoms. The molecule has 0 unspecified atom stereocenters. The fourth-order valence-corrected chi connectivity index (χ4v) is 3.12. The molecule has 0 amide bonds. The first-order chi connectivity index (χ1) is 15.1. The zero-order chi connectivity index (χ0) is 23.5. The number of nitrogen functional groups attached to an aromatic ring is 1. The van der Waals surface area contributed by atoms with E-state index in [1.165, 1.54) is 7.11 Å². The van der Waals surface area contributed by atoms with Crippen LogP contribution in [0.4, 0.5) is 29.1 Å². The first-order valence-corrected chi connectivity index (χ1v) is 9.51. The van der Waals surface area contributed by atoms with Gasteiger partial charge >= 0.3 is 6.18 Å². The number of nitrogens with one attached hydrogen (secondary N) is 1. The van der Waals surface area contributed by atoms with Crippen molar-refractivity contribution in [1.29, 1.82) is 0 Å². The Labute approximate surface area is 181 Å². The van der Waals surface area contributed by atoms with Gasteiger partial charge in [0.2, 0.25) is 0 Å². The van der Waals surface area contributed by atoms with Gasteiger partial charge in [0.25, 0.3) is 0 Å². The van der Waals surface area contributed by atoms with Crippen LogP contribution in [0.3, 0.4) is 0 Å². The average molecular weight is 454 g/mol. The molecule has 0 radical (unpaired) electrons. The predicted molar refractivity (Wildman–Crippen MR) is 111 cm³/mol. The van der Waals surface area contributed by atoms with Crippen molar-refractivity contribution in [3.05, 3.63) is 47.0 Å². The summed E-state index contributed by atoms with van der Waals surface area (Å²) in [5.74, 6) is 0.150. The van der Waals surface area contributed by atoms with Crippen molar-refractivity contribution in [3.8, 4) is 11.5 Å². The number of halogens is 4. The number of hydrogen-bond donors (Lipinski definition) is 2. The van der Waals surface area contributed by atoms with Gasteiger partial charge in [-0.25, -0.2) is 14.4 Å². The molecule has 2 aromatic carbocycles. The van der Waals surface area contributed by atoms with Gasteiger partial charge in [-0.3, -0.25) is 0 Å². The number of ether oxygens (including phenoxy) is 3. The molecule has 0 aliphatic carbocycles. The summed E-state index contributed by atoms with van der Waals surface area (Å²) in [5.41, 5.74) is 4.21. The lowest BCUT2D eigenvalue weighted by atomic mass is 10.1. The van der Waals surface area contributed by atoms with Gasteiger partial charge in [-0.05, 0) is 25.1 Å². The molecule has 1 aromatic heterocycles. The zero-order valence-electron chi connectivity index (χ0n) is 17.6. The van der Waals surface area contributed by atoms with E-state index in [-0.39, 0.29) is 24.4 Å². The van der Waals surface area contributed by atoms with Crippen molar-refractivity contribution in [2.75, 3.05) is 38.5 Å². The molecule has 7 nitrogen and oxygen atoms in total. The predicted octanol–water partition coefficient (Wildman–Crippen LogP) is 4.32. The normalized spacial score (nSPS) is 11.6. The van der Waals surface area contributed by atoms with Gasteiger partial charge in [0.05, 0.1) is 24.8 Å². The number of fused-ring (bicyclic) bond motifs is 1.